The number of hydrogen-bond acceptors (Lipinski definition) is 9. The third-order valence-corrected chi connectivity index (χ3v) is 8.87. The van der Waals surface area contributed by atoms with Crippen LogP contribution in [0.5, 0.6) is 0 Å². The molecule has 0 radical (unpaired) electrons. The topological polar surface area (TPSA) is 128 Å². The number of hydrogen-bond donors (Lipinski definition) is 2. The van der Waals surface area contributed by atoms with Crippen LogP contribution in [0.25, 0.3) is 11.1 Å². The molecular weight excluding hydrogens is 592 g/mol. The fourth-order valence-electron chi connectivity index (χ4n) is 5.65. The van der Waals surface area contributed by atoms with E-state index >= 15 is 0 Å². The highest BCUT2D eigenvalue weighted by molar-refractivity contribution is 7.13. The van der Waals surface area contributed by atoms with Gasteiger partial charge in [0, 0.05) is 68.2 Å². The zero-order valence-corrected chi connectivity index (χ0v) is 25.7. The second kappa shape index (κ2) is 13.6. The molecule has 1 fully saturated rings. The van der Waals surface area contributed by atoms with E-state index in [2.05, 4.69) is 20.1 Å². The number of ether oxygens (including phenoxy) is 1. The van der Waals surface area contributed by atoms with Crippen LogP contribution in [0.1, 0.15) is 34.5 Å². The number of rotatable bonds is 11. The Hall–Kier alpha value is -4.65. The summed E-state index contributed by atoms with van der Waals surface area (Å²) in [5, 5.41) is 14.1. The molecule has 2 aromatic carbocycles. The van der Waals surface area contributed by atoms with Crippen molar-refractivity contribution in [2.75, 3.05) is 49.5 Å². The van der Waals surface area contributed by atoms with E-state index < -0.39 is 18.1 Å². The highest BCUT2D eigenvalue weighted by Gasteiger charge is 2.38. The number of carbonyl (C=O) groups excluding carboxylic acids is 2. The summed E-state index contributed by atoms with van der Waals surface area (Å²) in [4.78, 5) is 53.2. The molecule has 12 heteroatoms. The van der Waals surface area contributed by atoms with Crippen LogP contribution in [0.4, 0.5) is 10.9 Å². The summed E-state index contributed by atoms with van der Waals surface area (Å²) in [5.74, 6) is -0.569. The van der Waals surface area contributed by atoms with E-state index in [4.69, 9.17) is 14.8 Å². The molecule has 2 atom stereocenters. The predicted molar refractivity (Wildman–Crippen MR) is 171 cm³/mol. The molecular formula is C33H34N6O5S. The minimum absolute atomic E-state index is 0.194. The average molecular weight is 627 g/mol. The first-order chi connectivity index (χ1) is 21.9. The van der Waals surface area contributed by atoms with Gasteiger partial charge in [0.2, 0.25) is 0 Å². The molecule has 45 heavy (non-hydrogen) atoms. The van der Waals surface area contributed by atoms with Gasteiger partial charge in [-0.25, -0.2) is 14.8 Å². The van der Waals surface area contributed by atoms with Crippen molar-refractivity contribution in [2.45, 2.75) is 25.6 Å². The Labute approximate surface area is 265 Å². The van der Waals surface area contributed by atoms with Gasteiger partial charge in [-0.05, 0) is 41.8 Å². The number of aromatic nitrogens is 2. The minimum atomic E-state index is -0.952. The Morgan fingerprint density at radius 1 is 1.02 bits per heavy atom. The van der Waals surface area contributed by atoms with Crippen LogP contribution >= 0.6 is 11.3 Å². The van der Waals surface area contributed by atoms with Gasteiger partial charge >= 0.3 is 5.97 Å². The zero-order chi connectivity index (χ0) is 31.3. The van der Waals surface area contributed by atoms with Crippen molar-refractivity contribution in [1.82, 2.24) is 19.8 Å². The molecule has 232 valence electrons. The van der Waals surface area contributed by atoms with Gasteiger partial charge in [0.05, 0.1) is 6.61 Å². The first-order valence-corrected chi connectivity index (χ1v) is 15.7. The number of thiazole rings is 1. The molecule has 6 rings (SSSR count). The number of piperazine rings is 1. The monoisotopic (exact) mass is 626 g/mol. The smallest absolute Gasteiger partial charge is 0.332 e. The van der Waals surface area contributed by atoms with Crippen molar-refractivity contribution in [1.29, 1.82) is 0 Å². The van der Waals surface area contributed by atoms with Crippen molar-refractivity contribution in [3.05, 3.63) is 95.1 Å². The summed E-state index contributed by atoms with van der Waals surface area (Å²) >= 11 is 1.33. The predicted octanol–water partition coefficient (Wildman–Crippen LogP) is 4.15. The molecule has 1 saturated heterocycles. The van der Waals surface area contributed by atoms with E-state index in [0.717, 1.165) is 54.3 Å². The molecule has 4 aromatic rings. The van der Waals surface area contributed by atoms with Gasteiger partial charge in [-0.2, -0.15) is 0 Å². The van der Waals surface area contributed by atoms with Crippen LogP contribution in [-0.2, 0) is 20.9 Å². The number of aliphatic carboxylic acids is 1. The van der Waals surface area contributed by atoms with E-state index in [0.29, 0.717) is 30.4 Å². The third kappa shape index (κ3) is 6.88. The van der Waals surface area contributed by atoms with Gasteiger partial charge in [-0.1, -0.05) is 42.5 Å². The fourth-order valence-corrected chi connectivity index (χ4v) is 6.18. The molecule has 0 saturated carbocycles. The number of fused-ring (bicyclic) bond motifs is 1. The fraction of sp³-hybridized carbons (Fsp3) is 0.303. The summed E-state index contributed by atoms with van der Waals surface area (Å²) < 4.78 is 5.36. The quantitative estimate of drug-likeness (QED) is 0.252. The van der Waals surface area contributed by atoms with Crippen LogP contribution in [0.2, 0.25) is 0 Å². The Morgan fingerprint density at radius 2 is 1.80 bits per heavy atom. The lowest BCUT2D eigenvalue weighted by Gasteiger charge is -2.35. The van der Waals surface area contributed by atoms with Crippen LogP contribution in [0.15, 0.2) is 78.4 Å². The Balaban J connectivity index is 1.11. The first kappa shape index (κ1) is 30.4. The molecule has 4 heterocycles. The van der Waals surface area contributed by atoms with Gasteiger partial charge < -0.3 is 19.6 Å². The molecule has 2 aliphatic rings. The Bertz CT molecular complexity index is 1640. The summed E-state index contributed by atoms with van der Waals surface area (Å²) in [7, 11) is 0. The van der Waals surface area contributed by atoms with E-state index in [1.165, 1.54) is 11.3 Å². The lowest BCUT2D eigenvalue weighted by Crippen LogP contribution is -2.47. The SMILES string of the molecule is CC(OCCN1CCN(c2ccc(-c3ccc4c(c3)C(=O)N(C(C(=O)Nc3nccs3)c3ccccc3)C4)cn2)CC1)C(=O)O. The van der Waals surface area contributed by atoms with Crippen LogP contribution in [-0.4, -0.2) is 88.1 Å². The number of carboxylic acids is 1. The second-order valence-corrected chi connectivity index (χ2v) is 11.9. The maximum absolute atomic E-state index is 13.8. The molecule has 11 nitrogen and oxygen atoms in total. The molecule has 2 unspecified atom stereocenters. The highest BCUT2D eigenvalue weighted by atomic mass is 32.1. The van der Waals surface area contributed by atoms with E-state index in [-0.39, 0.29) is 11.8 Å². The van der Waals surface area contributed by atoms with Crippen molar-refractivity contribution in [3.63, 3.8) is 0 Å². The van der Waals surface area contributed by atoms with Gasteiger partial charge in [-0.3, -0.25) is 19.8 Å². The maximum Gasteiger partial charge on any atom is 0.332 e. The molecule has 0 bridgehead atoms. The van der Waals surface area contributed by atoms with Crippen LogP contribution in [0.3, 0.4) is 0 Å². The number of carboxylic acid groups (broad SMARTS) is 1. The highest BCUT2D eigenvalue weighted by Crippen LogP contribution is 2.35. The zero-order valence-electron chi connectivity index (χ0n) is 24.8. The summed E-state index contributed by atoms with van der Waals surface area (Å²) in [5.41, 5.74) is 3.97. The normalized spacial score (nSPS) is 16.3. The van der Waals surface area contributed by atoms with Gasteiger partial charge in [0.15, 0.2) is 11.2 Å². The number of benzene rings is 2. The molecule has 2 N–H and O–H groups in total. The Kier molecular flexibility index (Phi) is 9.15. The van der Waals surface area contributed by atoms with Crippen molar-refractivity contribution in [2.24, 2.45) is 0 Å². The summed E-state index contributed by atoms with van der Waals surface area (Å²) in [6, 6.07) is 18.4. The van der Waals surface area contributed by atoms with Crippen molar-refractivity contribution < 1.29 is 24.2 Å². The molecule has 2 aromatic heterocycles. The van der Waals surface area contributed by atoms with E-state index in [9.17, 15) is 14.4 Å². The summed E-state index contributed by atoms with van der Waals surface area (Å²) in [6.45, 7) is 6.23. The van der Waals surface area contributed by atoms with Gasteiger partial charge in [0.25, 0.3) is 11.8 Å². The van der Waals surface area contributed by atoms with Gasteiger partial charge in [-0.15, -0.1) is 11.3 Å². The third-order valence-electron chi connectivity index (χ3n) is 8.18. The minimum Gasteiger partial charge on any atom is -0.479 e. The molecule has 0 aliphatic carbocycles. The lowest BCUT2D eigenvalue weighted by atomic mass is 10.0. The second-order valence-electron chi connectivity index (χ2n) is 11.0. The number of amides is 2. The average Bonchev–Trinajstić information content (AvgIpc) is 3.69. The molecule has 2 aliphatic heterocycles. The number of anilines is 2. The standard InChI is InChI=1S/C33H34N6O5S/c1-22(32(42)43)44-17-16-37-12-14-38(15-13-37)28-10-9-25(20-35-28)24-7-8-26-21-39(31(41)27(26)19-24)29(23-5-3-2-4-6-23)30(40)36-33-34-11-18-45-33/h2-11,18-20,22,29H,12-17,21H2,1H3,(H,42,43)(H,34,36,40). The van der Waals surface area contributed by atoms with Crippen LogP contribution in [0, 0.1) is 0 Å². The van der Waals surface area contributed by atoms with Crippen molar-refractivity contribution >= 4 is 40.1 Å². The van der Waals surface area contributed by atoms with Crippen molar-refractivity contribution in [3.8, 4) is 11.1 Å². The Morgan fingerprint density at radius 3 is 2.49 bits per heavy atom. The van der Waals surface area contributed by atoms with Gasteiger partial charge in [0.1, 0.15) is 11.9 Å². The lowest BCUT2D eigenvalue weighted by molar-refractivity contribution is -0.149. The maximum atomic E-state index is 13.8. The number of nitrogens with one attached hydrogen (secondary N) is 1. The number of carbonyl (C=O) groups is 3. The summed E-state index contributed by atoms with van der Waals surface area (Å²) in [6.07, 6.45) is 2.66. The number of nitrogens with zero attached hydrogens (tertiary/aromatic N) is 5. The largest absolute Gasteiger partial charge is 0.479 e. The number of pyridine rings is 1. The molecule has 2 amide bonds. The van der Waals surface area contributed by atoms with E-state index in [1.807, 2.05) is 66.9 Å². The van der Waals surface area contributed by atoms with Crippen LogP contribution < -0.4 is 10.2 Å². The van der Waals surface area contributed by atoms with E-state index in [1.54, 1.807) is 23.4 Å². The molecule has 0 spiro atoms. The first-order valence-electron chi connectivity index (χ1n) is 14.8.